The maximum Gasteiger partial charge on any atom is 0.387 e. The van der Waals surface area contributed by atoms with Crippen LogP contribution in [0.2, 0.25) is 0 Å². The van der Waals surface area contributed by atoms with Gasteiger partial charge in [-0.25, -0.2) is 4.99 Å². The van der Waals surface area contributed by atoms with Crippen molar-refractivity contribution in [3.63, 3.8) is 0 Å². The minimum Gasteiger partial charge on any atom is -0.493 e. The SMILES string of the molecule is CCNC(=NCc1ccc(OC)c(OC(F)F)c1)NC1CCN(c2cccs2)CC1. The molecule has 0 saturated carbocycles. The molecule has 1 aromatic heterocycles. The first kappa shape index (κ1) is 22.1. The van der Waals surface area contributed by atoms with Crippen LogP contribution in [0.1, 0.15) is 25.3 Å². The van der Waals surface area contributed by atoms with Crippen LogP contribution in [0.4, 0.5) is 13.8 Å². The second-order valence-corrected chi connectivity index (χ2v) is 7.84. The molecule has 164 valence electrons. The van der Waals surface area contributed by atoms with Crippen LogP contribution < -0.4 is 25.0 Å². The topological polar surface area (TPSA) is 58.1 Å². The molecule has 3 rings (SSSR count). The fourth-order valence-corrected chi connectivity index (χ4v) is 4.17. The Morgan fingerprint density at radius 3 is 2.70 bits per heavy atom. The molecule has 0 spiro atoms. The van der Waals surface area contributed by atoms with Crippen LogP contribution in [0.5, 0.6) is 11.5 Å². The molecular weight excluding hydrogens is 410 g/mol. The van der Waals surface area contributed by atoms with Gasteiger partial charge in [0.1, 0.15) is 0 Å². The van der Waals surface area contributed by atoms with E-state index < -0.39 is 6.61 Å². The zero-order valence-corrected chi connectivity index (χ0v) is 18.1. The van der Waals surface area contributed by atoms with Crippen molar-refractivity contribution in [3.05, 3.63) is 41.3 Å². The minimum atomic E-state index is -2.91. The first-order valence-corrected chi connectivity index (χ1v) is 10.9. The van der Waals surface area contributed by atoms with Crippen LogP contribution in [0, 0.1) is 0 Å². The number of aliphatic imine (C=N–C) groups is 1. The quantitative estimate of drug-likeness (QED) is 0.480. The number of ether oxygens (including phenoxy) is 2. The normalized spacial score (nSPS) is 15.4. The predicted molar refractivity (Wildman–Crippen MR) is 117 cm³/mol. The molecule has 1 aliphatic rings. The number of benzene rings is 1. The van der Waals surface area contributed by atoms with Gasteiger partial charge in [-0.2, -0.15) is 8.78 Å². The third-order valence-electron chi connectivity index (χ3n) is 4.86. The van der Waals surface area contributed by atoms with Gasteiger partial charge in [-0.3, -0.25) is 0 Å². The highest BCUT2D eigenvalue weighted by atomic mass is 32.1. The fraction of sp³-hybridized carbons (Fsp3) is 0.476. The summed E-state index contributed by atoms with van der Waals surface area (Å²) in [6.45, 7) is 2.19. The predicted octanol–water partition coefficient (Wildman–Crippen LogP) is 4.08. The fourth-order valence-electron chi connectivity index (χ4n) is 3.39. The van der Waals surface area contributed by atoms with Crippen LogP contribution in [-0.4, -0.2) is 45.4 Å². The van der Waals surface area contributed by atoms with E-state index in [1.165, 1.54) is 18.2 Å². The van der Waals surface area contributed by atoms with E-state index in [2.05, 4.69) is 42.8 Å². The first-order chi connectivity index (χ1) is 14.6. The summed E-state index contributed by atoms with van der Waals surface area (Å²) in [7, 11) is 1.42. The van der Waals surface area contributed by atoms with E-state index in [-0.39, 0.29) is 11.5 Å². The Balaban J connectivity index is 1.59. The number of anilines is 1. The van der Waals surface area contributed by atoms with E-state index in [4.69, 9.17) is 4.74 Å². The number of methoxy groups -OCH3 is 1. The van der Waals surface area contributed by atoms with Crippen molar-refractivity contribution in [2.75, 3.05) is 31.6 Å². The van der Waals surface area contributed by atoms with E-state index in [0.717, 1.165) is 44.0 Å². The number of hydrogen-bond donors (Lipinski definition) is 2. The lowest BCUT2D eigenvalue weighted by molar-refractivity contribution is -0.0512. The maximum absolute atomic E-state index is 12.6. The lowest BCUT2D eigenvalue weighted by Gasteiger charge is -2.33. The van der Waals surface area contributed by atoms with Crippen molar-refractivity contribution in [2.45, 2.75) is 39.0 Å². The molecule has 0 atom stereocenters. The smallest absolute Gasteiger partial charge is 0.387 e. The first-order valence-electron chi connectivity index (χ1n) is 10.0. The van der Waals surface area contributed by atoms with E-state index >= 15 is 0 Å². The standard InChI is InChI=1S/C21H28F2N4O2S/c1-3-24-21(26-16-8-10-27(11-9-16)19-5-4-12-30-19)25-14-15-6-7-17(28-2)18(13-15)29-20(22)23/h4-7,12-13,16,20H,3,8-11,14H2,1-2H3,(H2,24,25,26). The van der Waals surface area contributed by atoms with Crippen LogP contribution >= 0.6 is 11.3 Å². The van der Waals surface area contributed by atoms with Crippen molar-refractivity contribution in [2.24, 2.45) is 4.99 Å². The van der Waals surface area contributed by atoms with Crippen molar-refractivity contribution < 1.29 is 18.3 Å². The average molecular weight is 439 g/mol. The Morgan fingerprint density at radius 1 is 1.27 bits per heavy atom. The van der Waals surface area contributed by atoms with Gasteiger partial charge in [-0.05, 0) is 55.0 Å². The Bertz CT molecular complexity index is 809. The summed E-state index contributed by atoms with van der Waals surface area (Å²) in [5.74, 6) is 1.00. The summed E-state index contributed by atoms with van der Waals surface area (Å²) in [4.78, 5) is 7.03. The highest BCUT2D eigenvalue weighted by molar-refractivity contribution is 7.14. The third-order valence-corrected chi connectivity index (χ3v) is 5.79. The molecule has 9 heteroatoms. The molecule has 2 N–H and O–H groups in total. The van der Waals surface area contributed by atoms with Gasteiger partial charge >= 0.3 is 6.61 Å². The maximum atomic E-state index is 12.6. The number of alkyl halides is 2. The molecule has 6 nitrogen and oxygen atoms in total. The number of nitrogens with zero attached hydrogens (tertiary/aromatic N) is 2. The molecule has 1 saturated heterocycles. The molecule has 0 unspecified atom stereocenters. The molecule has 0 aliphatic carbocycles. The van der Waals surface area contributed by atoms with E-state index in [1.807, 2.05) is 6.92 Å². The molecule has 0 bridgehead atoms. The Kier molecular flexibility index (Phi) is 8.12. The molecule has 1 aliphatic heterocycles. The minimum absolute atomic E-state index is 0.0131. The molecule has 2 heterocycles. The second kappa shape index (κ2) is 11.0. The number of nitrogens with one attached hydrogen (secondary N) is 2. The van der Waals surface area contributed by atoms with Gasteiger partial charge in [-0.1, -0.05) is 6.07 Å². The van der Waals surface area contributed by atoms with Gasteiger partial charge in [0, 0.05) is 25.7 Å². The average Bonchev–Trinajstić information content (AvgIpc) is 3.27. The summed E-state index contributed by atoms with van der Waals surface area (Å²) in [5, 5.41) is 10.2. The number of hydrogen-bond acceptors (Lipinski definition) is 5. The van der Waals surface area contributed by atoms with Crippen molar-refractivity contribution in [3.8, 4) is 11.5 Å². The summed E-state index contributed by atoms with van der Waals surface area (Å²) < 4.78 is 34.9. The van der Waals surface area contributed by atoms with Gasteiger partial charge < -0.3 is 25.0 Å². The Labute approximate surface area is 179 Å². The van der Waals surface area contributed by atoms with E-state index in [0.29, 0.717) is 12.6 Å². The third kappa shape index (κ3) is 6.22. The summed E-state index contributed by atoms with van der Waals surface area (Å²) in [6, 6.07) is 9.53. The Hall–Kier alpha value is -2.55. The van der Waals surface area contributed by atoms with Crippen LogP contribution in [-0.2, 0) is 6.54 Å². The summed E-state index contributed by atoms with van der Waals surface area (Å²) in [6.07, 6.45) is 2.05. The monoisotopic (exact) mass is 438 g/mol. The van der Waals surface area contributed by atoms with Gasteiger partial charge in [0.25, 0.3) is 0 Å². The van der Waals surface area contributed by atoms with Gasteiger partial charge in [0.15, 0.2) is 17.5 Å². The van der Waals surface area contributed by atoms with Crippen LogP contribution in [0.3, 0.4) is 0 Å². The molecular formula is C21H28F2N4O2S. The zero-order chi connectivity index (χ0) is 21.3. The number of halogens is 2. The molecule has 1 fully saturated rings. The number of rotatable bonds is 8. The van der Waals surface area contributed by atoms with Crippen LogP contribution in [0.25, 0.3) is 0 Å². The second-order valence-electron chi connectivity index (χ2n) is 6.92. The van der Waals surface area contributed by atoms with Gasteiger partial charge in [0.2, 0.25) is 0 Å². The van der Waals surface area contributed by atoms with Crippen molar-refractivity contribution >= 4 is 22.3 Å². The zero-order valence-electron chi connectivity index (χ0n) is 17.2. The van der Waals surface area contributed by atoms with Gasteiger partial charge in [0.05, 0.1) is 18.7 Å². The van der Waals surface area contributed by atoms with Crippen LogP contribution in [0.15, 0.2) is 40.7 Å². The lowest BCUT2D eigenvalue weighted by Crippen LogP contribution is -2.48. The molecule has 30 heavy (non-hydrogen) atoms. The largest absolute Gasteiger partial charge is 0.493 e. The number of thiophene rings is 1. The van der Waals surface area contributed by atoms with E-state index in [9.17, 15) is 8.78 Å². The van der Waals surface area contributed by atoms with Crippen molar-refractivity contribution in [1.29, 1.82) is 0 Å². The highest BCUT2D eigenvalue weighted by Gasteiger charge is 2.20. The lowest BCUT2D eigenvalue weighted by atomic mass is 10.1. The Morgan fingerprint density at radius 2 is 2.07 bits per heavy atom. The summed E-state index contributed by atoms with van der Waals surface area (Å²) in [5.41, 5.74) is 0.760. The molecule has 2 aromatic rings. The van der Waals surface area contributed by atoms with Gasteiger partial charge in [-0.15, -0.1) is 11.3 Å². The highest BCUT2D eigenvalue weighted by Crippen LogP contribution is 2.30. The molecule has 1 aromatic carbocycles. The summed E-state index contributed by atoms with van der Waals surface area (Å²) >= 11 is 1.77. The number of guanidine groups is 1. The number of piperidine rings is 1. The molecule has 0 radical (unpaired) electrons. The van der Waals surface area contributed by atoms with E-state index in [1.54, 1.807) is 23.5 Å². The molecule has 0 amide bonds. The van der Waals surface area contributed by atoms with Crippen molar-refractivity contribution in [1.82, 2.24) is 10.6 Å².